The van der Waals surface area contributed by atoms with Crippen molar-refractivity contribution in [2.75, 3.05) is 19.6 Å². The molecule has 0 spiro atoms. The molecule has 88 valence electrons. The molecule has 1 saturated heterocycles. The average molecular weight is 218 g/mol. The van der Waals surface area contributed by atoms with E-state index in [0.29, 0.717) is 19.6 Å². The molecular formula is C10H19FN2O2. The average Bonchev–Trinajstić information content (AvgIpc) is 2.44. The first-order valence-corrected chi connectivity index (χ1v) is 5.20. The number of carbonyl (C=O) groups excluding carboxylic acids is 1. The smallest absolute Gasteiger partial charge is 0.407 e. The molecular weight excluding hydrogens is 199 g/mol. The molecule has 1 fully saturated rings. The summed E-state index contributed by atoms with van der Waals surface area (Å²) in [6, 6.07) is 0. The van der Waals surface area contributed by atoms with Gasteiger partial charge >= 0.3 is 6.09 Å². The maximum atomic E-state index is 13.1. The van der Waals surface area contributed by atoms with E-state index in [1.165, 1.54) is 0 Å². The molecule has 0 saturated carbocycles. The molecule has 0 aromatic carbocycles. The maximum absolute atomic E-state index is 13.1. The first-order valence-electron chi connectivity index (χ1n) is 5.20. The largest absolute Gasteiger partial charge is 0.444 e. The molecule has 0 unspecified atom stereocenters. The van der Waals surface area contributed by atoms with Crippen LogP contribution in [0.2, 0.25) is 0 Å². The van der Waals surface area contributed by atoms with Gasteiger partial charge in [0.05, 0.1) is 0 Å². The summed E-state index contributed by atoms with van der Waals surface area (Å²) in [6.45, 7) is 6.69. The van der Waals surface area contributed by atoms with E-state index in [4.69, 9.17) is 4.74 Å². The molecule has 2 atom stereocenters. The van der Waals surface area contributed by atoms with Gasteiger partial charge in [0.1, 0.15) is 11.8 Å². The first kappa shape index (κ1) is 12.2. The molecule has 4 nitrogen and oxygen atoms in total. The van der Waals surface area contributed by atoms with Crippen LogP contribution in [-0.2, 0) is 4.74 Å². The van der Waals surface area contributed by atoms with Crippen molar-refractivity contribution < 1.29 is 13.9 Å². The molecule has 0 aromatic heterocycles. The van der Waals surface area contributed by atoms with E-state index in [9.17, 15) is 9.18 Å². The summed E-state index contributed by atoms with van der Waals surface area (Å²) < 4.78 is 18.2. The van der Waals surface area contributed by atoms with Crippen molar-refractivity contribution in [1.82, 2.24) is 10.6 Å². The third-order valence-electron chi connectivity index (χ3n) is 2.16. The lowest BCUT2D eigenvalue weighted by atomic mass is 10.1. The van der Waals surface area contributed by atoms with Crippen LogP contribution in [0, 0.1) is 5.92 Å². The Morgan fingerprint density at radius 3 is 2.67 bits per heavy atom. The fraction of sp³-hybridized carbons (Fsp3) is 0.900. The Morgan fingerprint density at radius 2 is 2.20 bits per heavy atom. The molecule has 1 aliphatic heterocycles. The zero-order chi connectivity index (χ0) is 11.5. The highest BCUT2D eigenvalue weighted by Gasteiger charge is 2.27. The monoisotopic (exact) mass is 218 g/mol. The third-order valence-corrected chi connectivity index (χ3v) is 2.16. The number of carbonyl (C=O) groups is 1. The number of hydrogen-bond donors (Lipinski definition) is 2. The van der Waals surface area contributed by atoms with Crippen LogP contribution in [0.5, 0.6) is 0 Å². The van der Waals surface area contributed by atoms with E-state index in [1.54, 1.807) is 20.8 Å². The zero-order valence-corrected chi connectivity index (χ0v) is 9.47. The molecule has 5 heteroatoms. The van der Waals surface area contributed by atoms with Crippen molar-refractivity contribution in [2.24, 2.45) is 5.92 Å². The van der Waals surface area contributed by atoms with Crippen molar-refractivity contribution in [3.8, 4) is 0 Å². The summed E-state index contributed by atoms with van der Waals surface area (Å²) in [5, 5.41) is 5.50. The molecule has 0 radical (unpaired) electrons. The number of alkyl halides is 1. The second kappa shape index (κ2) is 4.79. The molecule has 1 aliphatic rings. The Kier molecular flexibility index (Phi) is 3.90. The SMILES string of the molecule is CC(C)(C)OC(=O)NC[C@H]1CNC[C@H]1F. The number of halogens is 1. The zero-order valence-electron chi connectivity index (χ0n) is 9.47. The van der Waals surface area contributed by atoms with E-state index in [2.05, 4.69) is 10.6 Å². The second-order valence-electron chi connectivity index (χ2n) is 4.82. The lowest BCUT2D eigenvalue weighted by Gasteiger charge is -2.20. The number of hydrogen-bond acceptors (Lipinski definition) is 3. The Balaban J connectivity index is 2.22. The van der Waals surface area contributed by atoms with Crippen LogP contribution < -0.4 is 10.6 Å². The van der Waals surface area contributed by atoms with Gasteiger partial charge in [-0.3, -0.25) is 0 Å². The van der Waals surface area contributed by atoms with Crippen molar-refractivity contribution in [3.63, 3.8) is 0 Å². The van der Waals surface area contributed by atoms with E-state index >= 15 is 0 Å². The van der Waals surface area contributed by atoms with Crippen LogP contribution in [0.1, 0.15) is 20.8 Å². The van der Waals surface area contributed by atoms with Crippen LogP contribution in [0.4, 0.5) is 9.18 Å². The summed E-state index contributed by atoms with van der Waals surface area (Å²) in [5.41, 5.74) is -0.507. The number of ether oxygens (including phenoxy) is 1. The van der Waals surface area contributed by atoms with Crippen molar-refractivity contribution in [1.29, 1.82) is 0 Å². The fourth-order valence-electron chi connectivity index (χ4n) is 1.43. The van der Waals surface area contributed by atoms with Gasteiger partial charge in [0.25, 0.3) is 0 Å². The Bertz CT molecular complexity index is 228. The van der Waals surface area contributed by atoms with Gasteiger partial charge in [-0.15, -0.1) is 0 Å². The van der Waals surface area contributed by atoms with Crippen molar-refractivity contribution in [3.05, 3.63) is 0 Å². The topological polar surface area (TPSA) is 50.4 Å². The molecule has 1 amide bonds. The van der Waals surface area contributed by atoms with Gasteiger partial charge in [-0.2, -0.15) is 0 Å². The van der Waals surface area contributed by atoms with Crippen molar-refractivity contribution >= 4 is 6.09 Å². The standard InChI is InChI=1S/C10H19FN2O2/c1-10(2,3)15-9(14)13-5-7-4-12-6-8(7)11/h7-8,12H,4-6H2,1-3H3,(H,13,14)/t7-,8-/m1/s1. The van der Waals surface area contributed by atoms with Gasteiger partial charge in [-0.1, -0.05) is 0 Å². The molecule has 1 rings (SSSR count). The highest BCUT2D eigenvalue weighted by molar-refractivity contribution is 5.67. The molecule has 15 heavy (non-hydrogen) atoms. The van der Waals surface area contributed by atoms with Gasteiger partial charge in [-0.25, -0.2) is 9.18 Å². The lowest BCUT2D eigenvalue weighted by molar-refractivity contribution is 0.0515. The number of amides is 1. The van der Waals surface area contributed by atoms with Crippen molar-refractivity contribution in [2.45, 2.75) is 32.5 Å². The molecule has 0 aromatic rings. The molecule has 0 bridgehead atoms. The van der Waals surface area contributed by atoms with E-state index < -0.39 is 17.9 Å². The predicted molar refractivity (Wildman–Crippen MR) is 55.5 cm³/mol. The number of nitrogens with one attached hydrogen (secondary N) is 2. The van der Waals surface area contributed by atoms with Crippen LogP contribution >= 0.6 is 0 Å². The summed E-state index contributed by atoms with van der Waals surface area (Å²) in [7, 11) is 0. The van der Waals surface area contributed by atoms with Gasteiger partial charge in [0.15, 0.2) is 0 Å². The first-order chi connectivity index (χ1) is 6.88. The van der Waals surface area contributed by atoms with E-state index in [0.717, 1.165) is 0 Å². The summed E-state index contributed by atoms with van der Waals surface area (Å²) in [5.74, 6) is -0.141. The molecule has 0 aliphatic carbocycles. The minimum atomic E-state index is -0.875. The minimum absolute atomic E-state index is 0.141. The second-order valence-corrected chi connectivity index (χ2v) is 4.82. The quantitative estimate of drug-likeness (QED) is 0.729. The van der Waals surface area contributed by atoms with Gasteiger partial charge in [0, 0.05) is 25.6 Å². The van der Waals surface area contributed by atoms with E-state index in [-0.39, 0.29) is 5.92 Å². The third kappa shape index (κ3) is 4.46. The van der Waals surface area contributed by atoms with Crippen LogP contribution in [0.3, 0.4) is 0 Å². The summed E-state index contributed by atoms with van der Waals surface area (Å²) in [4.78, 5) is 11.2. The summed E-state index contributed by atoms with van der Waals surface area (Å²) >= 11 is 0. The van der Waals surface area contributed by atoms with Crippen LogP contribution in [0.15, 0.2) is 0 Å². The highest BCUT2D eigenvalue weighted by Crippen LogP contribution is 2.12. The lowest BCUT2D eigenvalue weighted by Crippen LogP contribution is -2.37. The Morgan fingerprint density at radius 1 is 1.53 bits per heavy atom. The Hall–Kier alpha value is -0.840. The predicted octanol–water partition coefficient (Wildman–Crippen LogP) is 1.07. The van der Waals surface area contributed by atoms with Crippen LogP contribution in [-0.4, -0.2) is 37.5 Å². The Labute approximate surface area is 89.6 Å². The number of alkyl carbamates (subject to hydrolysis) is 1. The maximum Gasteiger partial charge on any atom is 0.407 e. The summed E-state index contributed by atoms with van der Waals surface area (Å²) in [6.07, 6.45) is -1.36. The normalized spacial score (nSPS) is 26.4. The molecule has 1 heterocycles. The highest BCUT2D eigenvalue weighted by atomic mass is 19.1. The number of rotatable bonds is 2. The van der Waals surface area contributed by atoms with Gasteiger partial charge < -0.3 is 15.4 Å². The van der Waals surface area contributed by atoms with Gasteiger partial charge in [-0.05, 0) is 20.8 Å². The van der Waals surface area contributed by atoms with Crippen LogP contribution in [0.25, 0.3) is 0 Å². The fourth-order valence-corrected chi connectivity index (χ4v) is 1.43. The minimum Gasteiger partial charge on any atom is -0.444 e. The van der Waals surface area contributed by atoms with Gasteiger partial charge in [0.2, 0.25) is 0 Å². The molecule has 2 N–H and O–H groups in total. The van der Waals surface area contributed by atoms with E-state index in [1.807, 2.05) is 0 Å².